The van der Waals surface area contributed by atoms with Crippen LogP contribution in [0.4, 0.5) is 0 Å². The molecule has 128 valence electrons. The smallest absolute Gasteiger partial charge is 0.147 e. The fourth-order valence-electron chi connectivity index (χ4n) is 3.69. The van der Waals surface area contributed by atoms with Gasteiger partial charge >= 0.3 is 0 Å². The molecule has 0 N–H and O–H groups in total. The molecule has 0 bridgehead atoms. The van der Waals surface area contributed by atoms with Gasteiger partial charge in [-0.25, -0.2) is 0 Å². The Bertz CT molecular complexity index is 835. The Hall–Kier alpha value is -2.17. The zero-order valence-corrected chi connectivity index (χ0v) is 15.1. The van der Waals surface area contributed by atoms with E-state index in [0.717, 1.165) is 30.4 Å². The Kier molecular flexibility index (Phi) is 4.55. The molecule has 1 aromatic heterocycles. The topological polar surface area (TPSA) is 29.5 Å². The van der Waals surface area contributed by atoms with E-state index >= 15 is 0 Å². The molecule has 2 aliphatic rings. The SMILES string of the molecule is CCOCC1=C2c3sccc3CCN2C(C=O)C(c2ccccc2)=C1. The maximum Gasteiger partial charge on any atom is 0.147 e. The summed E-state index contributed by atoms with van der Waals surface area (Å²) in [7, 11) is 0. The minimum absolute atomic E-state index is 0.238. The number of fused-ring (bicyclic) bond motifs is 3. The van der Waals surface area contributed by atoms with Gasteiger partial charge in [0.1, 0.15) is 12.3 Å². The van der Waals surface area contributed by atoms with Crippen LogP contribution in [-0.4, -0.2) is 37.0 Å². The van der Waals surface area contributed by atoms with E-state index in [9.17, 15) is 4.79 Å². The number of rotatable bonds is 5. The maximum absolute atomic E-state index is 12.0. The summed E-state index contributed by atoms with van der Waals surface area (Å²) in [6.07, 6.45) is 4.23. The zero-order valence-electron chi connectivity index (χ0n) is 14.3. The van der Waals surface area contributed by atoms with Crippen LogP contribution in [0.5, 0.6) is 0 Å². The Balaban J connectivity index is 1.88. The third-order valence-electron chi connectivity index (χ3n) is 4.86. The van der Waals surface area contributed by atoms with Crippen LogP contribution in [-0.2, 0) is 16.0 Å². The number of benzene rings is 1. The van der Waals surface area contributed by atoms with Crippen LogP contribution in [0.15, 0.2) is 53.4 Å². The lowest BCUT2D eigenvalue weighted by atomic mass is 9.88. The molecule has 3 nitrogen and oxygen atoms in total. The molecule has 1 unspecified atom stereocenters. The quantitative estimate of drug-likeness (QED) is 0.762. The van der Waals surface area contributed by atoms with Crippen molar-refractivity contribution in [3.05, 3.63) is 69.4 Å². The fraction of sp³-hybridized carbons (Fsp3) is 0.286. The van der Waals surface area contributed by atoms with Gasteiger partial charge in [0, 0.05) is 18.7 Å². The maximum atomic E-state index is 12.0. The zero-order chi connectivity index (χ0) is 17.2. The van der Waals surface area contributed by atoms with Gasteiger partial charge in [0.05, 0.1) is 17.2 Å². The molecule has 0 fully saturated rings. The van der Waals surface area contributed by atoms with Crippen LogP contribution in [0.1, 0.15) is 22.9 Å². The van der Waals surface area contributed by atoms with Crippen LogP contribution in [0.25, 0.3) is 11.3 Å². The Morgan fingerprint density at radius 1 is 1.28 bits per heavy atom. The van der Waals surface area contributed by atoms with Crippen LogP contribution in [0.2, 0.25) is 0 Å². The van der Waals surface area contributed by atoms with E-state index < -0.39 is 0 Å². The van der Waals surface area contributed by atoms with E-state index in [1.54, 1.807) is 11.3 Å². The standard InChI is InChI=1S/C21H21NO2S/c1-2-24-14-17-12-18(15-6-4-3-5-7-15)19(13-23)22-10-8-16-9-11-25-21(16)20(17)22/h3-7,9,11-13,19H,2,8,10,14H2,1H3. The highest BCUT2D eigenvalue weighted by atomic mass is 32.1. The molecule has 4 rings (SSSR count). The fourth-order valence-corrected chi connectivity index (χ4v) is 4.74. The molecular formula is C21H21NO2S. The average molecular weight is 351 g/mol. The van der Waals surface area contributed by atoms with Crippen molar-refractivity contribution in [3.8, 4) is 0 Å². The third-order valence-corrected chi connectivity index (χ3v) is 5.82. The molecule has 2 aromatic rings. The number of ether oxygens (including phenoxy) is 1. The number of hydrogen-bond acceptors (Lipinski definition) is 4. The predicted octanol–water partition coefficient (Wildman–Crippen LogP) is 4.02. The van der Waals surface area contributed by atoms with Crippen molar-refractivity contribution >= 4 is 28.9 Å². The van der Waals surface area contributed by atoms with E-state index in [4.69, 9.17) is 4.74 Å². The average Bonchev–Trinajstić information content (AvgIpc) is 3.15. The highest BCUT2D eigenvalue weighted by Crippen LogP contribution is 2.42. The van der Waals surface area contributed by atoms with E-state index in [0.29, 0.717) is 13.2 Å². The van der Waals surface area contributed by atoms with Gasteiger partial charge in [-0.15, -0.1) is 11.3 Å². The molecule has 0 amide bonds. The van der Waals surface area contributed by atoms with Crippen molar-refractivity contribution in [2.24, 2.45) is 0 Å². The van der Waals surface area contributed by atoms with E-state index in [1.807, 2.05) is 25.1 Å². The molecule has 0 aliphatic carbocycles. The number of hydrogen-bond donors (Lipinski definition) is 0. The van der Waals surface area contributed by atoms with Gasteiger partial charge in [0.25, 0.3) is 0 Å². The number of carbonyl (C=O) groups is 1. The van der Waals surface area contributed by atoms with Crippen molar-refractivity contribution in [2.45, 2.75) is 19.4 Å². The minimum atomic E-state index is -0.238. The number of carbonyl (C=O) groups excluding carboxylic acids is 1. The highest BCUT2D eigenvalue weighted by molar-refractivity contribution is 7.11. The van der Waals surface area contributed by atoms with Crippen LogP contribution in [0.3, 0.4) is 0 Å². The normalized spacial score (nSPS) is 19.3. The van der Waals surface area contributed by atoms with Gasteiger partial charge in [0.15, 0.2) is 0 Å². The number of thiophene rings is 1. The minimum Gasteiger partial charge on any atom is -0.377 e. The molecule has 25 heavy (non-hydrogen) atoms. The Morgan fingerprint density at radius 2 is 2.12 bits per heavy atom. The number of nitrogens with zero attached hydrogens (tertiary/aromatic N) is 1. The Labute approximate surface area is 152 Å². The predicted molar refractivity (Wildman–Crippen MR) is 102 cm³/mol. The summed E-state index contributed by atoms with van der Waals surface area (Å²) in [5.41, 5.74) is 5.90. The van der Waals surface area contributed by atoms with Crippen LogP contribution < -0.4 is 0 Å². The first-order chi connectivity index (χ1) is 12.3. The summed E-state index contributed by atoms with van der Waals surface area (Å²) in [4.78, 5) is 15.6. The van der Waals surface area contributed by atoms with Crippen molar-refractivity contribution in [2.75, 3.05) is 19.8 Å². The molecule has 4 heteroatoms. The lowest BCUT2D eigenvalue weighted by Gasteiger charge is -2.41. The van der Waals surface area contributed by atoms with Gasteiger partial charge in [-0.05, 0) is 47.6 Å². The van der Waals surface area contributed by atoms with Gasteiger partial charge in [0.2, 0.25) is 0 Å². The monoisotopic (exact) mass is 351 g/mol. The second-order valence-electron chi connectivity index (χ2n) is 6.28. The third kappa shape index (κ3) is 2.86. The molecule has 3 heterocycles. The van der Waals surface area contributed by atoms with E-state index in [-0.39, 0.29) is 6.04 Å². The summed E-state index contributed by atoms with van der Waals surface area (Å²) in [6, 6.07) is 12.2. The first kappa shape index (κ1) is 16.3. The number of aldehydes is 1. The van der Waals surface area contributed by atoms with Gasteiger partial charge < -0.3 is 14.4 Å². The molecule has 1 aromatic carbocycles. The van der Waals surface area contributed by atoms with Gasteiger partial charge in [-0.1, -0.05) is 30.3 Å². The van der Waals surface area contributed by atoms with E-state index in [1.165, 1.54) is 21.7 Å². The molecule has 1 atom stereocenters. The van der Waals surface area contributed by atoms with Crippen molar-refractivity contribution in [1.29, 1.82) is 0 Å². The van der Waals surface area contributed by atoms with Gasteiger partial charge in [-0.2, -0.15) is 0 Å². The molecular weight excluding hydrogens is 330 g/mol. The van der Waals surface area contributed by atoms with Crippen molar-refractivity contribution in [3.63, 3.8) is 0 Å². The molecule has 2 aliphatic heterocycles. The lowest BCUT2D eigenvalue weighted by molar-refractivity contribution is -0.110. The molecule has 0 saturated carbocycles. The summed E-state index contributed by atoms with van der Waals surface area (Å²) in [5.74, 6) is 0. The Morgan fingerprint density at radius 3 is 2.88 bits per heavy atom. The van der Waals surface area contributed by atoms with Crippen molar-refractivity contribution < 1.29 is 9.53 Å². The summed E-state index contributed by atoms with van der Waals surface area (Å²) in [6.45, 7) is 4.13. The van der Waals surface area contributed by atoms with Gasteiger partial charge in [-0.3, -0.25) is 0 Å². The molecule has 0 radical (unpaired) electrons. The second kappa shape index (κ2) is 6.98. The van der Waals surface area contributed by atoms with Crippen LogP contribution in [0, 0.1) is 0 Å². The first-order valence-electron chi connectivity index (χ1n) is 8.70. The molecule has 0 spiro atoms. The lowest BCUT2D eigenvalue weighted by Crippen LogP contribution is -2.42. The van der Waals surface area contributed by atoms with E-state index in [2.05, 4.69) is 34.6 Å². The first-order valence-corrected chi connectivity index (χ1v) is 9.58. The largest absolute Gasteiger partial charge is 0.377 e. The van der Waals surface area contributed by atoms with Crippen molar-refractivity contribution in [1.82, 2.24) is 4.90 Å². The highest BCUT2D eigenvalue weighted by Gasteiger charge is 2.35. The summed E-state index contributed by atoms with van der Waals surface area (Å²) >= 11 is 1.76. The second-order valence-corrected chi connectivity index (χ2v) is 7.19. The summed E-state index contributed by atoms with van der Waals surface area (Å²) < 4.78 is 5.75. The van der Waals surface area contributed by atoms with Crippen LogP contribution >= 0.6 is 11.3 Å². The molecule has 0 saturated heterocycles. The summed E-state index contributed by atoms with van der Waals surface area (Å²) in [5, 5.41) is 2.14.